The Kier molecular flexibility index (Phi) is 53.2. The minimum Gasteiger partial charge on any atom is -0.462 e. The minimum atomic E-state index is -4.40. The summed E-state index contributed by atoms with van der Waals surface area (Å²) in [4.78, 5) is 35.5. The normalized spacial score (nSPS) is 13.6. The van der Waals surface area contributed by atoms with Gasteiger partial charge in [0.15, 0.2) is 6.10 Å². The van der Waals surface area contributed by atoms with Crippen molar-refractivity contribution in [2.45, 2.75) is 296 Å². The number of carbonyl (C=O) groups excluding carboxylic acids is 2. The Morgan fingerprint density at radius 1 is 0.438 bits per heavy atom. The summed E-state index contributed by atoms with van der Waals surface area (Å²) in [6.07, 6.45) is 69.8. The van der Waals surface area contributed by atoms with Crippen molar-refractivity contribution in [3.05, 3.63) is 48.6 Å². The van der Waals surface area contributed by atoms with E-state index in [1.54, 1.807) is 0 Å². The number of unbranched alkanes of at least 4 members (excludes halogenated alkanes) is 35. The van der Waals surface area contributed by atoms with Gasteiger partial charge in [0.05, 0.1) is 27.7 Å². The molecule has 0 heterocycles. The van der Waals surface area contributed by atoms with Crippen molar-refractivity contribution in [1.82, 2.24) is 0 Å². The summed E-state index contributed by atoms with van der Waals surface area (Å²) in [6.45, 7) is 4.26. The molecule has 0 saturated carbocycles. The summed E-state index contributed by atoms with van der Waals surface area (Å²) in [5.41, 5.74) is 0. The molecular formula is C63H119NO8P+. The molecule has 0 rings (SSSR count). The fourth-order valence-electron chi connectivity index (χ4n) is 8.92. The molecule has 0 aromatic carbocycles. The van der Waals surface area contributed by atoms with E-state index < -0.39 is 26.5 Å². The number of hydrogen-bond acceptors (Lipinski definition) is 7. The van der Waals surface area contributed by atoms with Gasteiger partial charge in [-0.05, 0) is 38.5 Å². The first-order valence-electron chi connectivity index (χ1n) is 30.9. The van der Waals surface area contributed by atoms with Crippen LogP contribution in [0.2, 0.25) is 0 Å². The fourth-order valence-corrected chi connectivity index (χ4v) is 9.66. The molecule has 0 aliphatic heterocycles. The van der Waals surface area contributed by atoms with Crippen molar-refractivity contribution >= 4 is 19.8 Å². The Morgan fingerprint density at radius 2 is 0.781 bits per heavy atom. The van der Waals surface area contributed by atoms with Crippen LogP contribution in [0.1, 0.15) is 290 Å². The molecular weight excluding hydrogens is 930 g/mol. The molecule has 0 bridgehead atoms. The maximum absolute atomic E-state index is 12.7. The van der Waals surface area contributed by atoms with E-state index in [1.165, 1.54) is 212 Å². The van der Waals surface area contributed by atoms with Crippen LogP contribution in [0, 0.1) is 0 Å². The van der Waals surface area contributed by atoms with Gasteiger partial charge in [0.2, 0.25) is 0 Å². The van der Waals surface area contributed by atoms with Crippen molar-refractivity contribution in [3.63, 3.8) is 0 Å². The highest BCUT2D eigenvalue weighted by atomic mass is 31.2. The number of esters is 2. The Bertz CT molecular complexity index is 1370. The van der Waals surface area contributed by atoms with Crippen LogP contribution in [-0.2, 0) is 32.7 Å². The lowest BCUT2D eigenvalue weighted by atomic mass is 10.0. The highest BCUT2D eigenvalue weighted by Crippen LogP contribution is 2.43. The molecule has 0 spiro atoms. The van der Waals surface area contributed by atoms with E-state index in [2.05, 4.69) is 50.3 Å². The number of hydrogen-bond donors (Lipinski definition) is 1. The smallest absolute Gasteiger partial charge is 0.462 e. The zero-order valence-electron chi connectivity index (χ0n) is 48.6. The molecule has 0 aliphatic rings. The molecule has 9 nitrogen and oxygen atoms in total. The Morgan fingerprint density at radius 3 is 1.14 bits per heavy atom. The average molecular weight is 1050 g/mol. The minimum absolute atomic E-state index is 0.0192. The Balaban J connectivity index is 3.90. The quantitative estimate of drug-likeness (QED) is 0.0211. The third-order valence-electron chi connectivity index (χ3n) is 13.6. The molecule has 0 amide bonds. The zero-order valence-corrected chi connectivity index (χ0v) is 49.5. The third kappa shape index (κ3) is 59.1. The lowest BCUT2D eigenvalue weighted by Gasteiger charge is -2.24. The monoisotopic (exact) mass is 1050 g/mol. The van der Waals surface area contributed by atoms with E-state index in [0.29, 0.717) is 17.4 Å². The number of rotatable bonds is 57. The Hall–Kier alpha value is -2.03. The molecule has 2 atom stereocenters. The first-order chi connectivity index (χ1) is 35.5. The van der Waals surface area contributed by atoms with E-state index in [0.717, 1.165) is 44.9 Å². The Labute approximate surface area is 452 Å². The summed E-state index contributed by atoms with van der Waals surface area (Å²) in [5, 5.41) is 0. The fraction of sp³-hybridized carbons (Fsp3) is 0.841. The lowest BCUT2D eigenvalue weighted by molar-refractivity contribution is -0.870. The molecule has 0 aliphatic carbocycles. The van der Waals surface area contributed by atoms with Crippen LogP contribution in [0.15, 0.2) is 48.6 Å². The maximum Gasteiger partial charge on any atom is 0.472 e. The number of phosphoric acid groups is 1. The summed E-state index contributed by atoms with van der Waals surface area (Å²) in [5.74, 6) is -0.883. The zero-order chi connectivity index (χ0) is 53.5. The van der Waals surface area contributed by atoms with Gasteiger partial charge in [-0.1, -0.05) is 287 Å². The van der Waals surface area contributed by atoms with Crippen LogP contribution in [0.3, 0.4) is 0 Å². The largest absolute Gasteiger partial charge is 0.472 e. The van der Waals surface area contributed by atoms with E-state index in [-0.39, 0.29) is 32.0 Å². The van der Waals surface area contributed by atoms with Crippen LogP contribution < -0.4 is 0 Å². The van der Waals surface area contributed by atoms with E-state index in [9.17, 15) is 19.0 Å². The van der Waals surface area contributed by atoms with Crippen LogP contribution in [0.25, 0.3) is 0 Å². The van der Waals surface area contributed by atoms with Crippen molar-refractivity contribution in [3.8, 4) is 0 Å². The van der Waals surface area contributed by atoms with Gasteiger partial charge in [0.25, 0.3) is 0 Å². The molecule has 73 heavy (non-hydrogen) atoms. The lowest BCUT2D eigenvalue weighted by Crippen LogP contribution is -2.37. The first-order valence-corrected chi connectivity index (χ1v) is 32.4. The van der Waals surface area contributed by atoms with Gasteiger partial charge in [-0.3, -0.25) is 18.6 Å². The summed E-state index contributed by atoms with van der Waals surface area (Å²) >= 11 is 0. The second-order valence-electron chi connectivity index (χ2n) is 22.1. The van der Waals surface area contributed by atoms with Crippen LogP contribution in [-0.4, -0.2) is 74.9 Å². The molecule has 0 fully saturated rings. The van der Waals surface area contributed by atoms with Gasteiger partial charge in [0.1, 0.15) is 19.8 Å². The highest BCUT2D eigenvalue weighted by molar-refractivity contribution is 7.47. The first kappa shape index (κ1) is 71.0. The number of carbonyl (C=O) groups is 2. The molecule has 2 unspecified atom stereocenters. The highest BCUT2D eigenvalue weighted by Gasteiger charge is 2.27. The molecule has 1 N–H and O–H groups in total. The van der Waals surface area contributed by atoms with E-state index in [4.69, 9.17) is 18.5 Å². The number of allylic oxidation sites excluding steroid dienone is 8. The number of ether oxygens (including phenoxy) is 2. The van der Waals surface area contributed by atoms with Gasteiger partial charge < -0.3 is 18.9 Å². The summed E-state index contributed by atoms with van der Waals surface area (Å²) in [7, 11) is 1.44. The molecule has 428 valence electrons. The van der Waals surface area contributed by atoms with Crippen LogP contribution in [0.4, 0.5) is 0 Å². The summed E-state index contributed by atoms with van der Waals surface area (Å²) < 4.78 is 34.4. The number of quaternary nitrogens is 1. The van der Waals surface area contributed by atoms with Gasteiger partial charge in [-0.2, -0.15) is 0 Å². The van der Waals surface area contributed by atoms with Crippen molar-refractivity contribution in [2.75, 3.05) is 47.5 Å². The number of nitrogens with zero attached hydrogens (tertiary/aromatic N) is 1. The SMILES string of the molecule is CC/C=C\C/C=C\C/C=C\C/C=C\CCC(=O)OC(COC(=O)CCCCCCCCCCCCCCCCCCCCCCCCCCCCCCCCCCCCCC)COP(=O)(O)OCC[N+](C)(C)C. The number of phosphoric ester groups is 1. The molecule has 0 saturated heterocycles. The topological polar surface area (TPSA) is 108 Å². The number of likely N-dealkylation sites (N-methyl/N-ethyl adjacent to an activating group) is 1. The van der Waals surface area contributed by atoms with Crippen molar-refractivity contribution < 1.29 is 42.1 Å². The van der Waals surface area contributed by atoms with E-state index in [1.807, 2.05) is 33.3 Å². The van der Waals surface area contributed by atoms with Gasteiger partial charge in [0, 0.05) is 12.8 Å². The van der Waals surface area contributed by atoms with E-state index >= 15 is 0 Å². The van der Waals surface area contributed by atoms with Gasteiger partial charge in [-0.15, -0.1) is 0 Å². The molecule has 0 aromatic heterocycles. The predicted molar refractivity (Wildman–Crippen MR) is 312 cm³/mol. The maximum atomic E-state index is 12.7. The summed E-state index contributed by atoms with van der Waals surface area (Å²) in [6, 6.07) is 0. The van der Waals surface area contributed by atoms with Gasteiger partial charge >= 0.3 is 19.8 Å². The third-order valence-corrected chi connectivity index (χ3v) is 14.6. The van der Waals surface area contributed by atoms with Crippen molar-refractivity contribution in [1.29, 1.82) is 0 Å². The second-order valence-corrected chi connectivity index (χ2v) is 23.5. The second kappa shape index (κ2) is 54.7. The molecule has 0 aromatic rings. The van der Waals surface area contributed by atoms with Gasteiger partial charge in [-0.25, -0.2) is 4.57 Å². The average Bonchev–Trinajstić information content (AvgIpc) is 3.35. The predicted octanol–water partition coefficient (Wildman–Crippen LogP) is 19.3. The standard InChI is InChI=1S/C63H118NO8P/c1-6-8-10-12-14-16-18-20-21-22-23-24-25-26-27-28-29-30-31-32-33-34-35-36-37-38-39-40-41-42-44-45-47-49-51-53-55-62(65)69-59-61(60-71-73(67,68)70-58-57-64(3,4)5)72-63(66)56-54-52-50-48-46-43-19-17-15-13-11-9-7-2/h9,11,15,17,43,46,50,52,61H,6-8,10,12-14,16,18-42,44-45,47-49,51,53-60H2,1-5H3/p+1/b11-9-,17-15-,46-43-,52-50-. The van der Waals surface area contributed by atoms with Crippen LogP contribution >= 0.6 is 7.82 Å². The van der Waals surface area contributed by atoms with Crippen LogP contribution in [0.5, 0.6) is 0 Å². The van der Waals surface area contributed by atoms with Crippen molar-refractivity contribution in [2.24, 2.45) is 0 Å². The molecule has 0 radical (unpaired) electrons. The molecule has 10 heteroatoms.